The molecule has 132 valence electrons. The van der Waals surface area contributed by atoms with Crippen LogP contribution >= 0.6 is 11.6 Å². The third-order valence-corrected chi connectivity index (χ3v) is 4.34. The third-order valence-electron chi connectivity index (χ3n) is 4.10. The van der Waals surface area contributed by atoms with E-state index in [1.165, 1.54) is 5.56 Å². The number of hydrogen-bond donors (Lipinski definition) is 1. The number of nitrogens with one attached hydrogen (secondary N) is 1. The highest BCUT2D eigenvalue weighted by atomic mass is 35.5. The van der Waals surface area contributed by atoms with Crippen LogP contribution in [-0.2, 0) is 6.54 Å². The van der Waals surface area contributed by atoms with Crippen molar-refractivity contribution in [1.29, 1.82) is 0 Å². The first-order chi connectivity index (χ1) is 12.5. The summed E-state index contributed by atoms with van der Waals surface area (Å²) in [5.41, 5.74) is 3.37. The molecule has 0 unspecified atom stereocenters. The molecule has 3 rings (SSSR count). The number of rotatable bonds is 5. The van der Waals surface area contributed by atoms with Gasteiger partial charge in [-0.3, -0.25) is 4.79 Å². The topological polar surface area (TPSA) is 45.2 Å². The molecule has 1 N–H and O–H groups in total. The first-order valence-corrected chi connectivity index (χ1v) is 8.69. The number of benzene rings is 2. The van der Waals surface area contributed by atoms with Crippen LogP contribution in [0.2, 0.25) is 5.02 Å². The van der Waals surface area contributed by atoms with Crippen molar-refractivity contribution in [3.63, 3.8) is 0 Å². The van der Waals surface area contributed by atoms with Gasteiger partial charge in [-0.2, -0.15) is 0 Å². The summed E-state index contributed by atoms with van der Waals surface area (Å²) in [6.07, 6.45) is 1.59. The van der Waals surface area contributed by atoms with E-state index >= 15 is 0 Å². The number of hydrogen-bond acceptors (Lipinski definition) is 3. The molecule has 0 bridgehead atoms. The lowest BCUT2D eigenvalue weighted by Crippen LogP contribution is -2.18. The normalized spacial score (nSPS) is 10.4. The minimum absolute atomic E-state index is 0.194. The number of amides is 1. The van der Waals surface area contributed by atoms with Gasteiger partial charge in [-0.1, -0.05) is 41.9 Å². The quantitative estimate of drug-likeness (QED) is 0.697. The molecule has 1 heterocycles. The Hall–Kier alpha value is -2.85. The highest BCUT2D eigenvalue weighted by Gasteiger charge is 2.10. The van der Waals surface area contributed by atoms with Crippen LogP contribution in [0.5, 0.6) is 0 Å². The molecular weight excluding hydrogens is 346 g/mol. The van der Waals surface area contributed by atoms with Crippen molar-refractivity contribution >= 4 is 29.0 Å². The van der Waals surface area contributed by atoms with Crippen LogP contribution in [0.25, 0.3) is 0 Å². The molecule has 0 saturated heterocycles. The monoisotopic (exact) mass is 365 g/mol. The molecule has 0 spiro atoms. The number of pyridine rings is 1. The maximum atomic E-state index is 12.4. The highest BCUT2D eigenvalue weighted by Crippen LogP contribution is 2.20. The zero-order chi connectivity index (χ0) is 18.5. The predicted molar refractivity (Wildman–Crippen MR) is 107 cm³/mol. The Bertz CT molecular complexity index is 895. The minimum Gasteiger partial charge on any atom is -0.355 e. The number of carbonyl (C=O) groups excluding carboxylic acids is 1. The van der Waals surface area contributed by atoms with Crippen molar-refractivity contribution in [2.75, 3.05) is 17.3 Å². The average molecular weight is 366 g/mol. The number of nitrogens with zero attached hydrogens (tertiary/aromatic N) is 2. The fourth-order valence-corrected chi connectivity index (χ4v) is 2.87. The van der Waals surface area contributed by atoms with Gasteiger partial charge in [0.15, 0.2) is 0 Å². The molecule has 0 saturated carbocycles. The van der Waals surface area contributed by atoms with Crippen LogP contribution in [0.15, 0.2) is 66.9 Å². The summed E-state index contributed by atoms with van der Waals surface area (Å²) >= 11 is 5.95. The van der Waals surface area contributed by atoms with Crippen molar-refractivity contribution in [1.82, 2.24) is 4.98 Å². The smallest absolute Gasteiger partial charge is 0.257 e. The number of halogens is 1. The summed E-state index contributed by atoms with van der Waals surface area (Å²) in [7, 11) is 1.98. The van der Waals surface area contributed by atoms with Gasteiger partial charge >= 0.3 is 0 Å². The van der Waals surface area contributed by atoms with Gasteiger partial charge in [0.1, 0.15) is 5.82 Å². The number of aromatic nitrogens is 1. The van der Waals surface area contributed by atoms with Crippen LogP contribution in [0.4, 0.5) is 11.5 Å². The maximum absolute atomic E-state index is 12.4. The zero-order valence-electron chi connectivity index (χ0n) is 14.7. The van der Waals surface area contributed by atoms with E-state index in [-0.39, 0.29) is 5.91 Å². The summed E-state index contributed by atoms with van der Waals surface area (Å²) in [6, 6.07) is 19.2. The van der Waals surface area contributed by atoms with Gasteiger partial charge in [0, 0.05) is 30.5 Å². The second-order valence-electron chi connectivity index (χ2n) is 6.16. The Labute approximate surface area is 158 Å². The molecule has 5 heteroatoms. The van der Waals surface area contributed by atoms with Crippen LogP contribution in [-0.4, -0.2) is 17.9 Å². The van der Waals surface area contributed by atoms with E-state index in [4.69, 9.17) is 11.6 Å². The lowest BCUT2D eigenvalue weighted by atomic mass is 10.2. The molecule has 26 heavy (non-hydrogen) atoms. The van der Waals surface area contributed by atoms with Gasteiger partial charge in [-0.05, 0) is 48.4 Å². The Morgan fingerprint density at radius 2 is 1.88 bits per heavy atom. The van der Waals surface area contributed by atoms with E-state index in [9.17, 15) is 4.79 Å². The molecule has 0 aliphatic rings. The van der Waals surface area contributed by atoms with Gasteiger partial charge in [-0.25, -0.2) is 4.98 Å². The molecule has 2 aromatic carbocycles. The van der Waals surface area contributed by atoms with Gasteiger partial charge in [0.25, 0.3) is 5.91 Å². The molecule has 1 aromatic heterocycles. The number of carbonyl (C=O) groups is 1. The summed E-state index contributed by atoms with van der Waals surface area (Å²) in [4.78, 5) is 18.9. The fraction of sp³-hybridized carbons (Fsp3) is 0.143. The van der Waals surface area contributed by atoms with Crippen molar-refractivity contribution in [2.45, 2.75) is 13.5 Å². The Kier molecular flexibility index (Phi) is 5.54. The summed E-state index contributed by atoms with van der Waals surface area (Å²) < 4.78 is 0. The SMILES string of the molecule is Cc1cc(Cl)ccc1NC(=O)c1ccc(N(C)Cc2ccccc2)nc1. The van der Waals surface area contributed by atoms with Crippen molar-refractivity contribution in [3.8, 4) is 0 Å². The van der Waals surface area contributed by atoms with Crippen LogP contribution < -0.4 is 10.2 Å². The van der Waals surface area contributed by atoms with Crippen molar-refractivity contribution in [3.05, 3.63) is 88.6 Å². The van der Waals surface area contributed by atoms with E-state index in [1.54, 1.807) is 24.4 Å². The molecule has 0 aliphatic carbocycles. The fourth-order valence-electron chi connectivity index (χ4n) is 2.65. The Morgan fingerprint density at radius 1 is 1.12 bits per heavy atom. The lowest BCUT2D eigenvalue weighted by Gasteiger charge is -2.18. The number of aryl methyl sites for hydroxylation is 1. The standard InChI is InChI=1S/C21H20ClN3O/c1-15-12-18(22)9-10-19(15)24-21(26)17-8-11-20(23-13-17)25(2)14-16-6-4-3-5-7-16/h3-13H,14H2,1-2H3,(H,24,26). The highest BCUT2D eigenvalue weighted by molar-refractivity contribution is 6.30. The second-order valence-corrected chi connectivity index (χ2v) is 6.60. The molecule has 3 aromatic rings. The van der Waals surface area contributed by atoms with E-state index < -0.39 is 0 Å². The van der Waals surface area contributed by atoms with Gasteiger partial charge in [0.05, 0.1) is 5.56 Å². The minimum atomic E-state index is -0.194. The maximum Gasteiger partial charge on any atom is 0.257 e. The number of anilines is 2. The first-order valence-electron chi connectivity index (χ1n) is 8.31. The largest absolute Gasteiger partial charge is 0.355 e. The molecule has 1 amide bonds. The van der Waals surface area contributed by atoms with Gasteiger partial charge in [-0.15, -0.1) is 0 Å². The average Bonchev–Trinajstić information content (AvgIpc) is 2.65. The van der Waals surface area contributed by atoms with Crippen LogP contribution in [0, 0.1) is 6.92 Å². The summed E-state index contributed by atoms with van der Waals surface area (Å²) in [6.45, 7) is 2.66. The van der Waals surface area contributed by atoms with Gasteiger partial charge in [0.2, 0.25) is 0 Å². The molecule has 0 aliphatic heterocycles. The van der Waals surface area contributed by atoms with Gasteiger partial charge < -0.3 is 10.2 Å². The van der Waals surface area contributed by atoms with Crippen LogP contribution in [0.1, 0.15) is 21.5 Å². The lowest BCUT2D eigenvalue weighted by molar-refractivity contribution is 0.102. The molecule has 0 fully saturated rings. The third kappa shape index (κ3) is 4.41. The Balaban J connectivity index is 1.67. The van der Waals surface area contributed by atoms with E-state index in [1.807, 2.05) is 49.2 Å². The van der Waals surface area contributed by atoms with E-state index in [2.05, 4.69) is 22.4 Å². The predicted octanol–water partition coefficient (Wildman–Crippen LogP) is 4.93. The summed E-state index contributed by atoms with van der Waals surface area (Å²) in [5, 5.41) is 3.54. The van der Waals surface area contributed by atoms with Crippen LogP contribution in [0.3, 0.4) is 0 Å². The first kappa shape index (κ1) is 18.0. The zero-order valence-corrected chi connectivity index (χ0v) is 15.5. The van der Waals surface area contributed by atoms with Crippen molar-refractivity contribution < 1.29 is 4.79 Å². The van der Waals surface area contributed by atoms with Crippen molar-refractivity contribution in [2.24, 2.45) is 0 Å². The molecular formula is C21H20ClN3O. The molecule has 0 radical (unpaired) electrons. The molecule has 4 nitrogen and oxygen atoms in total. The Morgan fingerprint density at radius 3 is 2.54 bits per heavy atom. The second kappa shape index (κ2) is 8.02. The summed E-state index contributed by atoms with van der Waals surface area (Å²) in [5.74, 6) is 0.619. The van der Waals surface area contributed by atoms with E-state index in [0.717, 1.165) is 23.6 Å². The molecule has 0 atom stereocenters. The van der Waals surface area contributed by atoms with E-state index in [0.29, 0.717) is 10.6 Å².